The second-order valence-corrected chi connectivity index (χ2v) is 5.99. The first kappa shape index (κ1) is 11.5. The molecule has 0 aromatic carbocycles. The maximum atomic E-state index is 12.0. The van der Waals surface area contributed by atoms with Crippen molar-refractivity contribution in [2.45, 2.75) is 13.3 Å². The van der Waals surface area contributed by atoms with Crippen molar-refractivity contribution in [3.05, 3.63) is 38.5 Å². The number of Topliss-reactive ketones (excluding diaryl/α,β-unsaturated/α-hetero) is 1. The largest absolute Gasteiger partial charge is 0.338 e. The fourth-order valence-electron chi connectivity index (χ4n) is 1.39. The van der Waals surface area contributed by atoms with Crippen molar-refractivity contribution in [2.24, 2.45) is 7.05 Å². The van der Waals surface area contributed by atoms with Gasteiger partial charge in [-0.2, -0.15) is 0 Å². The second kappa shape index (κ2) is 4.51. The third-order valence-electron chi connectivity index (χ3n) is 2.37. The normalized spacial score (nSPS) is 10.7. The number of hydrogen-bond acceptors (Lipinski definition) is 3. The second-order valence-electron chi connectivity index (χ2n) is 3.62. The molecule has 0 saturated carbocycles. The predicted molar refractivity (Wildman–Crippen MR) is 68.0 cm³/mol. The molecule has 0 bridgehead atoms. The number of aryl methyl sites for hydroxylation is 2. The molecule has 3 nitrogen and oxygen atoms in total. The van der Waals surface area contributed by atoms with Crippen LogP contribution in [0.2, 0.25) is 0 Å². The topological polar surface area (TPSA) is 34.9 Å². The van der Waals surface area contributed by atoms with Gasteiger partial charge in [-0.1, -0.05) is 0 Å². The van der Waals surface area contributed by atoms with E-state index in [1.807, 2.05) is 30.8 Å². The first-order chi connectivity index (χ1) is 7.58. The number of halogens is 1. The van der Waals surface area contributed by atoms with Crippen LogP contribution in [-0.4, -0.2) is 15.3 Å². The molecule has 0 spiro atoms. The third-order valence-corrected chi connectivity index (χ3v) is 4.55. The van der Waals surface area contributed by atoms with Crippen molar-refractivity contribution >= 4 is 33.0 Å². The van der Waals surface area contributed by atoms with Gasteiger partial charge in [-0.3, -0.25) is 4.79 Å². The van der Waals surface area contributed by atoms with Gasteiger partial charge >= 0.3 is 0 Å². The SMILES string of the molecule is Cc1cc(C(=O)Cc2nccn2C)sc1Br. The molecule has 16 heavy (non-hydrogen) atoms. The van der Waals surface area contributed by atoms with Crippen LogP contribution < -0.4 is 0 Å². The molecule has 0 unspecified atom stereocenters. The fraction of sp³-hybridized carbons (Fsp3) is 0.273. The lowest BCUT2D eigenvalue weighted by molar-refractivity contribution is 0.0994. The lowest BCUT2D eigenvalue weighted by Crippen LogP contribution is -2.06. The summed E-state index contributed by atoms with van der Waals surface area (Å²) < 4.78 is 2.89. The Morgan fingerprint density at radius 1 is 1.62 bits per heavy atom. The minimum atomic E-state index is 0.119. The van der Waals surface area contributed by atoms with E-state index in [9.17, 15) is 4.79 Å². The third kappa shape index (κ3) is 2.25. The highest BCUT2D eigenvalue weighted by Gasteiger charge is 2.13. The minimum absolute atomic E-state index is 0.119. The molecule has 0 N–H and O–H groups in total. The quantitative estimate of drug-likeness (QED) is 0.817. The van der Waals surface area contributed by atoms with Crippen molar-refractivity contribution < 1.29 is 4.79 Å². The summed E-state index contributed by atoms with van der Waals surface area (Å²) in [5.74, 6) is 0.917. The van der Waals surface area contributed by atoms with Gasteiger partial charge in [0.25, 0.3) is 0 Å². The molecule has 5 heteroatoms. The monoisotopic (exact) mass is 298 g/mol. The minimum Gasteiger partial charge on any atom is -0.338 e. The van der Waals surface area contributed by atoms with Crippen molar-refractivity contribution in [3.8, 4) is 0 Å². The molecule has 0 amide bonds. The summed E-state index contributed by atoms with van der Waals surface area (Å²) in [5, 5.41) is 0. The molecule has 2 rings (SSSR count). The van der Waals surface area contributed by atoms with Gasteiger partial charge in [-0.25, -0.2) is 4.98 Å². The number of thiophene rings is 1. The van der Waals surface area contributed by atoms with Crippen LogP contribution in [0, 0.1) is 6.92 Å². The summed E-state index contributed by atoms with van der Waals surface area (Å²) in [7, 11) is 1.89. The van der Waals surface area contributed by atoms with Crippen molar-refractivity contribution in [2.75, 3.05) is 0 Å². The van der Waals surface area contributed by atoms with Crippen LogP contribution >= 0.6 is 27.3 Å². The number of imidazole rings is 1. The first-order valence-electron chi connectivity index (χ1n) is 4.83. The molecule has 0 radical (unpaired) electrons. The van der Waals surface area contributed by atoms with Gasteiger partial charge in [0.2, 0.25) is 0 Å². The summed E-state index contributed by atoms with van der Waals surface area (Å²) in [4.78, 5) is 16.9. The van der Waals surface area contributed by atoms with Crippen molar-refractivity contribution in [1.29, 1.82) is 0 Å². The Morgan fingerprint density at radius 3 is 2.88 bits per heavy atom. The molecule has 2 aromatic rings. The molecular weight excluding hydrogens is 288 g/mol. The Labute approximate surface area is 106 Å². The van der Waals surface area contributed by atoms with E-state index in [-0.39, 0.29) is 5.78 Å². The lowest BCUT2D eigenvalue weighted by Gasteiger charge is -1.98. The molecule has 0 atom stereocenters. The average Bonchev–Trinajstić information content (AvgIpc) is 2.76. The number of carbonyl (C=O) groups excluding carboxylic acids is 1. The van der Waals surface area contributed by atoms with E-state index in [4.69, 9.17) is 0 Å². The number of hydrogen-bond donors (Lipinski definition) is 0. The van der Waals surface area contributed by atoms with Crippen LogP contribution in [0.15, 0.2) is 22.2 Å². The van der Waals surface area contributed by atoms with E-state index in [0.29, 0.717) is 6.42 Å². The average molecular weight is 299 g/mol. The summed E-state index contributed by atoms with van der Waals surface area (Å²) in [6.07, 6.45) is 3.91. The molecular formula is C11H11BrN2OS. The number of carbonyl (C=O) groups is 1. The van der Waals surface area contributed by atoms with Crippen LogP contribution in [0.25, 0.3) is 0 Å². The van der Waals surface area contributed by atoms with Gasteiger partial charge < -0.3 is 4.57 Å². The Balaban J connectivity index is 2.18. The van der Waals surface area contributed by atoms with E-state index >= 15 is 0 Å². The highest BCUT2D eigenvalue weighted by atomic mass is 79.9. The molecule has 2 heterocycles. The van der Waals surface area contributed by atoms with Gasteiger partial charge in [-0.05, 0) is 34.5 Å². The number of nitrogens with zero attached hydrogens (tertiary/aromatic N) is 2. The molecule has 2 aromatic heterocycles. The van der Waals surface area contributed by atoms with Crippen LogP contribution in [0.4, 0.5) is 0 Å². The Hall–Kier alpha value is -0.940. The number of rotatable bonds is 3. The van der Waals surface area contributed by atoms with Crippen LogP contribution in [0.5, 0.6) is 0 Å². The molecule has 0 aliphatic heterocycles. The van der Waals surface area contributed by atoms with E-state index in [1.54, 1.807) is 6.20 Å². The van der Waals surface area contributed by atoms with E-state index < -0.39 is 0 Å². The smallest absolute Gasteiger partial charge is 0.180 e. The summed E-state index contributed by atoms with van der Waals surface area (Å²) in [6, 6.07) is 1.92. The predicted octanol–water partition coefficient (Wildman–Crippen LogP) is 2.98. The molecule has 0 fully saturated rings. The molecule has 0 aliphatic carbocycles. The summed E-state index contributed by atoms with van der Waals surface area (Å²) in [5.41, 5.74) is 1.10. The highest BCUT2D eigenvalue weighted by Crippen LogP contribution is 2.28. The summed E-state index contributed by atoms with van der Waals surface area (Å²) in [6.45, 7) is 1.98. The van der Waals surface area contributed by atoms with E-state index in [1.165, 1.54) is 11.3 Å². The number of ketones is 1. The Morgan fingerprint density at radius 2 is 2.38 bits per heavy atom. The Bertz CT molecular complexity index is 510. The van der Waals surface area contributed by atoms with Gasteiger partial charge in [0.15, 0.2) is 5.78 Å². The first-order valence-corrected chi connectivity index (χ1v) is 6.44. The maximum absolute atomic E-state index is 12.0. The molecule has 0 aliphatic rings. The van der Waals surface area contributed by atoms with Gasteiger partial charge in [-0.15, -0.1) is 11.3 Å². The lowest BCUT2D eigenvalue weighted by atomic mass is 10.2. The zero-order valence-electron chi connectivity index (χ0n) is 9.03. The van der Waals surface area contributed by atoms with E-state index in [2.05, 4.69) is 20.9 Å². The summed E-state index contributed by atoms with van der Waals surface area (Å²) >= 11 is 4.90. The zero-order valence-corrected chi connectivity index (χ0v) is 11.4. The van der Waals surface area contributed by atoms with Gasteiger partial charge in [0.1, 0.15) is 5.82 Å². The zero-order chi connectivity index (χ0) is 11.7. The van der Waals surface area contributed by atoms with Crippen LogP contribution in [0.1, 0.15) is 21.1 Å². The fourth-order valence-corrected chi connectivity index (χ4v) is 2.87. The van der Waals surface area contributed by atoms with Crippen LogP contribution in [0.3, 0.4) is 0 Å². The Kier molecular flexibility index (Phi) is 3.25. The maximum Gasteiger partial charge on any atom is 0.180 e. The highest BCUT2D eigenvalue weighted by molar-refractivity contribution is 9.11. The standard InChI is InChI=1S/C11H11BrN2OS/c1-7-5-9(16-11(7)12)8(15)6-10-13-3-4-14(10)2/h3-5H,6H2,1-2H3. The number of aromatic nitrogens is 2. The molecule has 0 saturated heterocycles. The van der Waals surface area contributed by atoms with E-state index in [0.717, 1.165) is 20.1 Å². The van der Waals surface area contributed by atoms with Crippen molar-refractivity contribution in [3.63, 3.8) is 0 Å². The molecule has 84 valence electrons. The van der Waals surface area contributed by atoms with Gasteiger partial charge in [0.05, 0.1) is 15.1 Å². The van der Waals surface area contributed by atoms with Gasteiger partial charge in [0, 0.05) is 19.4 Å². The van der Waals surface area contributed by atoms with Crippen molar-refractivity contribution in [1.82, 2.24) is 9.55 Å². The van der Waals surface area contributed by atoms with Crippen LogP contribution in [-0.2, 0) is 13.5 Å².